The molecule has 0 N–H and O–H groups in total. The molecule has 4 heterocycles. The van der Waals surface area contributed by atoms with Crippen LogP contribution in [0.1, 0.15) is 31.6 Å². The van der Waals surface area contributed by atoms with Crippen molar-refractivity contribution >= 4 is 21.7 Å². The van der Waals surface area contributed by atoms with Crippen molar-refractivity contribution in [3.05, 3.63) is 64.9 Å². The third-order valence-electron chi connectivity index (χ3n) is 5.50. The second-order valence-corrected chi connectivity index (χ2v) is 8.54. The van der Waals surface area contributed by atoms with Crippen LogP contribution in [-0.4, -0.2) is 40.7 Å². The minimum absolute atomic E-state index is 0.170. The Kier molecular flexibility index (Phi) is 5.85. The summed E-state index contributed by atoms with van der Waals surface area (Å²) < 4.78 is 18.2. The van der Waals surface area contributed by atoms with E-state index in [-0.39, 0.29) is 18.7 Å². The number of nitrogens with zero attached hydrogens (tertiary/aromatic N) is 4. The normalized spacial score (nSPS) is 21.5. The molecule has 2 aliphatic heterocycles. The Bertz CT molecular complexity index is 1040. The van der Waals surface area contributed by atoms with Gasteiger partial charge in [-0.2, -0.15) is 0 Å². The lowest BCUT2D eigenvalue weighted by Gasteiger charge is -2.33. The Morgan fingerprint density at radius 3 is 2.55 bits per heavy atom. The van der Waals surface area contributed by atoms with Crippen molar-refractivity contribution in [1.82, 2.24) is 15.2 Å². The molecule has 2 fully saturated rings. The second-order valence-electron chi connectivity index (χ2n) is 7.69. The van der Waals surface area contributed by atoms with Crippen LogP contribution in [0.15, 0.2) is 59.3 Å². The maximum Gasteiger partial charge on any atom is 0.191 e. The van der Waals surface area contributed by atoms with E-state index >= 15 is 0 Å². The molecule has 2 aliphatic rings. The molecule has 5 rings (SSSR count). The van der Waals surface area contributed by atoms with E-state index in [0.717, 1.165) is 58.8 Å². The molecule has 2 saturated heterocycles. The van der Waals surface area contributed by atoms with Gasteiger partial charge in [0.05, 0.1) is 10.2 Å². The van der Waals surface area contributed by atoms with Crippen LogP contribution in [0.25, 0.3) is 11.3 Å². The number of halogens is 1. The quantitative estimate of drug-likeness (QED) is 0.519. The van der Waals surface area contributed by atoms with Crippen molar-refractivity contribution in [3.8, 4) is 17.0 Å². The third kappa shape index (κ3) is 4.56. The maximum atomic E-state index is 6.16. The van der Waals surface area contributed by atoms with Gasteiger partial charge in [0.1, 0.15) is 11.9 Å². The van der Waals surface area contributed by atoms with Gasteiger partial charge in [-0.1, -0.05) is 12.1 Å². The van der Waals surface area contributed by atoms with E-state index in [9.17, 15) is 0 Å². The first-order valence-electron chi connectivity index (χ1n) is 10.4. The highest BCUT2D eigenvalue weighted by atomic mass is 79.9. The number of benzene rings is 1. The molecular weight excluding hydrogens is 460 g/mol. The molecule has 7 nitrogen and oxygen atoms in total. The zero-order chi connectivity index (χ0) is 21.2. The predicted octanol–water partition coefficient (Wildman–Crippen LogP) is 4.74. The lowest BCUT2D eigenvalue weighted by atomic mass is 10.1. The average Bonchev–Trinajstić information content (AvgIpc) is 2.79. The van der Waals surface area contributed by atoms with Crippen molar-refractivity contribution in [3.63, 3.8) is 0 Å². The van der Waals surface area contributed by atoms with Gasteiger partial charge in [0.15, 0.2) is 18.4 Å². The van der Waals surface area contributed by atoms with Gasteiger partial charge in [-0.3, -0.25) is 4.98 Å². The minimum Gasteiger partial charge on any atom is -0.489 e. The summed E-state index contributed by atoms with van der Waals surface area (Å²) >= 11 is 3.55. The molecule has 31 heavy (non-hydrogen) atoms. The number of piperidine rings is 1. The summed E-state index contributed by atoms with van der Waals surface area (Å²) in [7, 11) is 0. The third-order valence-corrected chi connectivity index (χ3v) is 6.16. The number of aromatic nitrogens is 3. The molecule has 2 aromatic heterocycles. The number of hydrogen-bond acceptors (Lipinski definition) is 7. The van der Waals surface area contributed by atoms with Crippen LogP contribution in [0.3, 0.4) is 0 Å². The molecule has 0 aliphatic carbocycles. The lowest BCUT2D eigenvalue weighted by Crippen LogP contribution is -2.38. The van der Waals surface area contributed by atoms with E-state index in [0.29, 0.717) is 0 Å². The van der Waals surface area contributed by atoms with Crippen molar-refractivity contribution < 1.29 is 14.2 Å². The maximum absolute atomic E-state index is 6.16. The molecule has 0 amide bonds. The zero-order valence-electron chi connectivity index (χ0n) is 17.1. The Labute approximate surface area is 189 Å². The van der Waals surface area contributed by atoms with Crippen LogP contribution in [0.2, 0.25) is 0 Å². The van der Waals surface area contributed by atoms with Gasteiger partial charge in [0, 0.05) is 49.5 Å². The largest absolute Gasteiger partial charge is 0.489 e. The average molecular weight is 483 g/mol. The molecular formula is C23H23BrN4O3. The number of rotatable bonds is 5. The number of para-hydroxylation sites is 1. The molecule has 0 bridgehead atoms. The molecule has 0 radical (unpaired) electrons. The highest BCUT2D eigenvalue weighted by molar-refractivity contribution is 9.10. The Morgan fingerprint density at radius 1 is 1.03 bits per heavy atom. The van der Waals surface area contributed by atoms with Crippen molar-refractivity contribution in [2.45, 2.75) is 38.4 Å². The summed E-state index contributed by atoms with van der Waals surface area (Å²) in [5, 5.41) is 8.89. The van der Waals surface area contributed by atoms with Crippen molar-refractivity contribution in [2.75, 3.05) is 18.0 Å². The van der Waals surface area contributed by atoms with Gasteiger partial charge < -0.3 is 19.1 Å². The molecule has 1 aromatic carbocycles. The summed E-state index contributed by atoms with van der Waals surface area (Å²) in [4.78, 5) is 6.55. The van der Waals surface area contributed by atoms with Gasteiger partial charge in [-0.15, -0.1) is 10.2 Å². The van der Waals surface area contributed by atoms with Gasteiger partial charge in [-0.05, 0) is 53.2 Å². The first-order valence-corrected chi connectivity index (χ1v) is 11.2. The molecule has 3 aromatic rings. The van der Waals surface area contributed by atoms with Crippen molar-refractivity contribution in [1.29, 1.82) is 0 Å². The topological polar surface area (TPSA) is 69.6 Å². The minimum atomic E-state index is -0.352. The summed E-state index contributed by atoms with van der Waals surface area (Å²) in [6.07, 6.45) is 5.09. The van der Waals surface area contributed by atoms with Gasteiger partial charge in [0.2, 0.25) is 0 Å². The first kappa shape index (κ1) is 20.4. The number of pyridine rings is 1. The predicted molar refractivity (Wildman–Crippen MR) is 120 cm³/mol. The molecule has 0 saturated carbocycles. The van der Waals surface area contributed by atoms with Crippen LogP contribution in [0.4, 0.5) is 5.82 Å². The van der Waals surface area contributed by atoms with Crippen LogP contribution in [0.5, 0.6) is 5.75 Å². The monoisotopic (exact) mass is 482 g/mol. The number of ether oxygens (including phenoxy) is 3. The Balaban J connectivity index is 1.20. The summed E-state index contributed by atoms with van der Waals surface area (Å²) in [6, 6.07) is 14.0. The van der Waals surface area contributed by atoms with E-state index in [4.69, 9.17) is 14.2 Å². The summed E-state index contributed by atoms with van der Waals surface area (Å²) in [5.41, 5.74) is 2.55. The molecule has 160 valence electrons. The highest BCUT2D eigenvalue weighted by Crippen LogP contribution is 2.33. The van der Waals surface area contributed by atoms with Crippen LogP contribution < -0.4 is 9.64 Å². The fourth-order valence-corrected chi connectivity index (χ4v) is 4.19. The van der Waals surface area contributed by atoms with E-state index in [1.807, 2.05) is 49.4 Å². The zero-order valence-corrected chi connectivity index (χ0v) is 18.7. The van der Waals surface area contributed by atoms with Gasteiger partial charge >= 0.3 is 0 Å². The smallest absolute Gasteiger partial charge is 0.191 e. The Hall–Kier alpha value is -2.55. The molecule has 0 atom stereocenters. The van der Waals surface area contributed by atoms with E-state index in [1.165, 1.54) is 0 Å². The molecule has 8 heteroatoms. The first-order chi connectivity index (χ1) is 15.2. The van der Waals surface area contributed by atoms with Gasteiger partial charge in [-0.25, -0.2) is 0 Å². The van der Waals surface area contributed by atoms with Crippen molar-refractivity contribution in [2.24, 2.45) is 0 Å². The number of anilines is 1. The SMILES string of the molecule is CC1OC(c2cncc(-c3ccc(N4CCC(Oc5ccccc5Br)CC4)nn3)c2)O1. The second kappa shape index (κ2) is 8.90. The molecule has 0 spiro atoms. The fraction of sp³-hybridized carbons (Fsp3) is 0.348. The van der Waals surface area contributed by atoms with Crippen LogP contribution in [0, 0.1) is 0 Å². The van der Waals surface area contributed by atoms with E-state index in [2.05, 4.69) is 36.0 Å². The van der Waals surface area contributed by atoms with Crippen LogP contribution >= 0.6 is 15.9 Å². The van der Waals surface area contributed by atoms with E-state index in [1.54, 1.807) is 12.4 Å². The summed E-state index contributed by atoms with van der Waals surface area (Å²) in [6.45, 7) is 3.64. The Morgan fingerprint density at radius 2 is 1.84 bits per heavy atom. The van der Waals surface area contributed by atoms with Crippen LogP contribution in [-0.2, 0) is 9.47 Å². The fourth-order valence-electron chi connectivity index (χ4n) is 3.81. The van der Waals surface area contributed by atoms with Gasteiger partial charge in [0.25, 0.3) is 0 Å². The number of hydrogen-bond donors (Lipinski definition) is 0. The molecule has 0 unspecified atom stereocenters. The summed E-state index contributed by atoms with van der Waals surface area (Å²) in [5.74, 6) is 1.78. The lowest BCUT2D eigenvalue weighted by molar-refractivity contribution is -0.382. The van der Waals surface area contributed by atoms with E-state index < -0.39 is 0 Å². The highest BCUT2D eigenvalue weighted by Gasteiger charge is 2.29. The standard InChI is InChI=1S/C23H23BrN4O3/c1-15-29-23(30-15)17-12-16(13-25-14-17)20-6-7-22(27-26-20)28-10-8-18(9-11-28)31-21-5-3-2-4-19(21)24/h2-7,12-15,18,23H,8-11H2,1H3.